The van der Waals surface area contributed by atoms with E-state index in [1.165, 1.54) is 0 Å². The van der Waals surface area contributed by atoms with Gasteiger partial charge in [0.1, 0.15) is 5.82 Å². The smallest absolute Gasteiger partial charge is 0.294 e. The number of aromatic amines is 1. The van der Waals surface area contributed by atoms with Crippen LogP contribution in [0.15, 0.2) is 53.3 Å². The van der Waals surface area contributed by atoms with E-state index in [0.717, 1.165) is 29.7 Å². The predicted octanol–water partition coefficient (Wildman–Crippen LogP) is 2.80. The lowest BCUT2D eigenvalue weighted by Gasteiger charge is -2.17. The summed E-state index contributed by atoms with van der Waals surface area (Å²) in [6.45, 7) is 2.56. The maximum atomic E-state index is 12.9. The fraction of sp³-hybridized carbons (Fsp3) is 0.238. The third kappa shape index (κ3) is 3.15. The molecule has 0 bridgehead atoms. The van der Waals surface area contributed by atoms with Gasteiger partial charge in [0.25, 0.3) is 11.5 Å². The van der Waals surface area contributed by atoms with Crippen LogP contribution in [0.5, 0.6) is 0 Å². The second kappa shape index (κ2) is 7.26. The van der Waals surface area contributed by atoms with E-state index in [1.54, 1.807) is 28.5 Å². The summed E-state index contributed by atoms with van der Waals surface area (Å²) in [7, 11) is 1.77. The fourth-order valence-corrected chi connectivity index (χ4v) is 3.39. The molecule has 1 amide bonds. The molecule has 28 heavy (non-hydrogen) atoms. The van der Waals surface area contributed by atoms with E-state index in [1.807, 2.05) is 36.4 Å². The molecule has 0 aliphatic carbocycles. The molecule has 0 saturated heterocycles. The number of benzene rings is 2. The second-order valence-corrected chi connectivity index (χ2v) is 6.86. The first kappa shape index (κ1) is 17.9. The molecule has 0 radical (unpaired) electrons. The van der Waals surface area contributed by atoms with Crippen molar-refractivity contribution in [2.24, 2.45) is 0 Å². The van der Waals surface area contributed by atoms with Crippen LogP contribution in [-0.2, 0) is 13.0 Å². The summed E-state index contributed by atoms with van der Waals surface area (Å²) >= 11 is 0. The van der Waals surface area contributed by atoms with Crippen molar-refractivity contribution < 1.29 is 4.79 Å². The Morgan fingerprint density at radius 1 is 1.14 bits per heavy atom. The first-order chi connectivity index (χ1) is 13.6. The fourth-order valence-electron chi connectivity index (χ4n) is 3.39. The number of aryl methyl sites for hydroxylation is 1. The van der Waals surface area contributed by atoms with E-state index in [2.05, 4.69) is 22.1 Å². The summed E-state index contributed by atoms with van der Waals surface area (Å²) in [5, 5.41) is 8.16. The van der Waals surface area contributed by atoms with Gasteiger partial charge in [-0.15, -0.1) is 10.2 Å². The Balaban J connectivity index is 1.73. The SMILES string of the molecule is CCCc1nnc2c(=O)[nH]c3cc(C(=O)N(C)Cc4ccccc4)ccc3n12. The first-order valence-corrected chi connectivity index (χ1v) is 9.28. The van der Waals surface area contributed by atoms with Crippen LogP contribution in [0.3, 0.4) is 0 Å². The van der Waals surface area contributed by atoms with Gasteiger partial charge in [-0.3, -0.25) is 14.0 Å². The molecule has 0 atom stereocenters. The van der Waals surface area contributed by atoms with E-state index in [-0.39, 0.29) is 17.1 Å². The number of H-pyrrole nitrogens is 1. The summed E-state index contributed by atoms with van der Waals surface area (Å²) in [5.41, 5.74) is 2.91. The second-order valence-electron chi connectivity index (χ2n) is 6.86. The standard InChI is InChI=1S/C21H21N5O2/c1-3-7-18-23-24-19-20(27)22-16-12-15(10-11-17(16)26(18)19)21(28)25(2)13-14-8-5-4-6-9-14/h4-6,8-12H,3,7,13H2,1-2H3,(H,22,27). The Hall–Kier alpha value is -3.48. The molecule has 2 aromatic carbocycles. The number of hydrogen-bond acceptors (Lipinski definition) is 4. The highest BCUT2D eigenvalue weighted by Crippen LogP contribution is 2.17. The van der Waals surface area contributed by atoms with Crippen LogP contribution >= 0.6 is 0 Å². The predicted molar refractivity (Wildman–Crippen MR) is 107 cm³/mol. The number of carbonyl (C=O) groups is 1. The third-order valence-electron chi connectivity index (χ3n) is 4.75. The molecule has 4 aromatic rings. The van der Waals surface area contributed by atoms with Crippen LogP contribution in [0, 0.1) is 0 Å². The van der Waals surface area contributed by atoms with Crippen molar-refractivity contribution in [2.75, 3.05) is 7.05 Å². The number of nitrogens with one attached hydrogen (secondary N) is 1. The lowest BCUT2D eigenvalue weighted by Crippen LogP contribution is -2.26. The number of aromatic nitrogens is 4. The number of fused-ring (bicyclic) bond motifs is 3. The van der Waals surface area contributed by atoms with Gasteiger partial charge in [-0.25, -0.2) is 0 Å². The minimum atomic E-state index is -0.315. The molecule has 0 saturated carbocycles. The Bertz CT molecular complexity index is 1210. The van der Waals surface area contributed by atoms with Gasteiger partial charge in [0.05, 0.1) is 11.0 Å². The molecule has 4 rings (SSSR count). The number of nitrogens with zero attached hydrogens (tertiary/aromatic N) is 4. The third-order valence-corrected chi connectivity index (χ3v) is 4.75. The molecule has 0 spiro atoms. The average Bonchev–Trinajstić information content (AvgIpc) is 3.13. The zero-order valence-corrected chi connectivity index (χ0v) is 15.8. The lowest BCUT2D eigenvalue weighted by molar-refractivity contribution is 0.0785. The van der Waals surface area contributed by atoms with Crippen molar-refractivity contribution in [1.82, 2.24) is 24.5 Å². The van der Waals surface area contributed by atoms with Crippen molar-refractivity contribution in [3.05, 3.63) is 75.8 Å². The lowest BCUT2D eigenvalue weighted by atomic mass is 10.1. The monoisotopic (exact) mass is 375 g/mol. The van der Waals surface area contributed by atoms with E-state index in [9.17, 15) is 9.59 Å². The molecule has 1 N–H and O–H groups in total. The van der Waals surface area contributed by atoms with E-state index in [0.29, 0.717) is 17.6 Å². The van der Waals surface area contributed by atoms with Crippen molar-refractivity contribution in [3.8, 4) is 0 Å². The molecule has 7 nitrogen and oxygen atoms in total. The van der Waals surface area contributed by atoms with Crippen LogP contribution in [0.1, 0.15) is 35.1 Å². The Kier molecular flexibility index (Phi) is 4.65. The molecule has 2 aromatic heterocycles. The minimum Gasteiger partial charge on any atom is -0.337 e. The molecule has 7 heteroatoms. The van der Waals surface area contributed by atoms with Crippen molar-refractivity contribution >= 4 is 22.6 Å². The highest BCUT2D eigenvalue weighted by Gasteiger charge is 2.16. The topological polar surface area (TPSA) is 83.4 Å². The van der Waals surface area contributed by atoms with Crippen molar-refractivity contribution in [1.29, 1.82) is 0 Å². The molecule has 0 unspecified atom stereocenters. The van der Waals surface area contributed by atoms with Gasteiger partial charge in [-0.1, -0.05) is 37.3 Å². The number of rotatable bonds is 5. The Morgan fingerprint density at radius 2 is 1.93 bits per heavy atom. The Morgan fingerprint density at radius 3 is 2.68 bits per heavy atom. The first-order valence-electron chi connectivity index (χ1n) is 9.28. The van der Waals surface area contributed by atoms with Crippen LogP contribution in [0.4, 0.5) is 0 Å². The molecule has 142 valence electrons. The highest BCUT2D eigenvalue weighted by atomic mass is 16.2. The van der Waals surface area contributed by atoms with Gasteiger partial charge in [-0.2, -0.15) is 0 Å². The molecular weight excluding hydrogens is 354 g/mol. The van der Waals surface area contributed by atoms with Gasteiger partial charge in [-0.05, 0) is 30.2 Å². The summed E-state index contributed by atoms with van der Waals surface area (Å²) in [5.74, 6) is 0.637. The zero-order chi connectivity index (χ0) is 19.7. The van der Waals surface area contributed by atoms with Gasteiger partial charge in [0, 0.05) is 25.6 Å². The molecule has 2 heterocycles. The molecule has 0 aliphatic rings. The van der Waals surface area contributed by atoms with Crippen LogP contribution in [0.25, 0.3) is 16.7 Å². The van der Waals surface area contributed by atoms with Gasteiger partial charge < -0.3 is 9.88 Å². The van der Waals surface area contributed by atoms with Gasteiger partial charge in [0.2, 0.25) is 5.65 Å². The largest absolute Gasteiger partial charge is 0.337 e. The van der Waals surface area contributed by atoms with Crippen molar-refractivity contribution in [2.45, 2.75) is 26.3 Å². The maximum absolute atomic E-state index is 12.9. The summed E-state index contributed by atoms with van der Waals surface area (Å²) in [6, 6.07) is 15.2. The Labute approximate surface area is 161 Å². The summed E-state index contributed by atoms with van der Waals surface area (Å²) in [6.07, 6.45) is 1.62. The number of hydrogen-bond donors (Lipinski definition) is 1. The summed E-state index contributed by atoms with van der Waals surface area (Å²) < 4.78 is 1.78. The molecular formula is C21H21N5O2. The van der Waals surface area contributed by atoms with E-state index < -0.39 is 0 Å². The average molecular weight is 375 g/mol. The zero-order valence-electron chi connectivity index (χ0n) is 15.8. The highest BCUT2D eigenvalue weighted by molar-refractivity contribution is 5.97. The summed E-state index contributed by atoms with van der Waals surface area (Å²) in [4.78, 5) is 29.7. The van der Waals surface area contributed by atoms with Crippen molar-refractivity contribution in [3.63, 3.8) is 0 Å². The van der Waals surface area contributed by atoms with Crippen LogP contribution in [0.2, 0.25) is 0 Å². The molecule has 0 aliphatic heterocycles. The van der Waals surface area contributed by atoms with Crippen LogP contribution in [-0.4, -0.2) is 37.4 Å². The number of carbonyl (C=O) groups excluding carboxylic acids is 1. The van der Waals surface area contributed by atoms with E-state index in [4.69, 9.17) is 0 Å². The van der Waals surface area contributed by atoms with Crippen LogP contribution < -0.4 is 5.56 Å². The minimum absolute atomic E-state index is 0.107. The maximum Gasteiger partial charge on any atom is 0.294 e. The van der Waals surface area contributed by atoms with Gasteiger partial charge >= 0.3 is 0 Å². The normalized spacial score (nSPS) is 11.2. The molecule has 0 fully saturated rings. The van der Waals surface area contributed by atoms with E-state index >= 15 is 0 Å². The quantitative estimate of drug-likeness (QED) is 0.581. The van der Waals surface area contributed by atoms with Gasteiger partial charge in [0.15, 0.2) is 0 Å². The number of amides is 1.